The Morgan fingerprint density at radius 3 is 2.48 bits per heavy atom. The van der Waals surface area contributed by atoms with Gasteiger partial charge in [-0.1, -0.05) is 58.4 Å². The molecule has 5 nitrogen and oxygen atoms in total. The van der Waals surface area contributed by atoms with Crippen LogP contribution in [0.1, 0.15) is 11.1 Å². The first-order valence-corrected chi connectivity index (χ1v) is 8.61. The molecule has 0 heterocycles. The molecule has 0 radical (unpaired) electrons. The summed E-state index contributed by atoms with van der Waals surface area (Å²) < 4.78 is 11.1. The standard InChI is InChI=1S/C19H20BrNO4/c1-24-19(23)17(11-15-8-5-9-16(20)10-15)21-18(22)13-25-12-14-6-3-2-4-7-14/h2-10,17H,11-13H2,1H3,(H,21,22)/t17-/m1/s1. The van der Waals surface area contributed by atoms with E-state index in [1.54, 1.807) is 0 Å². The number of halogens is 1. The van der Waals surface area contributed by atoms with E-state index in [-0.39, 0.29) is 12.5 Å². The molecule has 0 aromatic heterocycles. The molecule has 0 unspecified atom stereocenters. The third kappa shape index (κ3) is 6.68. The van der Waals surface area contributed by atoms with Gasteiger partial charge in [-0.15, -0.1) is 0 Å². The summed E-state index contributed by atoms with van der Waals surface area (Å²) in [7, 11) is 1.30. The Labute approximate surface area is 155 Å². The van der Waals surface area contributed by atoms with E-state index >= 15 is 0 Å². The summed E-state index contributed by atoms with van der Waals surface area (Å²) in [6.45, 7) is 0.212. The molecule has 6 heteroatoms. The lowest BCUT2D eigenvalue weighted by Gasteiger charge is -2.17. The van der Waals surface area contributed by atoms with E-state index in [1.165, 1.54) is 7.11 Å². The lowest BCUT2D eigenvalue weighted by molar-refractivity contribution is -0.145. The van der Waals surface area contributed by atoms with Crippen LogP contribution in [0.5, 0.6) is 0 Å². The third-order valence-corrected chi connectivity index (χ3v) is 3.99. The highest BCUT2D eigenvalue weighted by atomic mass is 79.9. The zero-order valence-corrected chi connectivity index (χ0v) is 15.5. The Bertz CT molecular complexity index is 706. The number of carbonyl (C=O) groups excluding carboxylic acids is 2. The van der Waals surface area contributed by atoms with Crippen molar-refractivity contribution in [2.24, 2.45) is 0 Å². The summed E-state index contributed by atoms with van der Waals surface area (Å²) in [5.74, 6) is -0.849. The fourth-order valence-corrected chi connectivity index (χ4v) is 2.75. The molecule has 0 aliphatic carbocycles. The van der Waals surface area contributed by atoms with E-state index in [0.717, 1.165) is 15.6 Å². The average Bonchev–Trinajstić information content (AvgIpc) is 2.61. The lowest BCUT2D eigenvalue weighted by Crippen LogP contribution is -2.44. The van der Waals surface area contributed by atoms with Crippen LogP contribution in [0.25, 0.3) is 0 Å². The second kappa shape index (κ2) is 9.96. The van der Waals surface area contributed by atoms with Gasteiger partial charge >= 0.3 is 5.97 Å². The second-order valence-corrected chi connectivity index (χ2v) is 6.37. The average molecular weight is 406 g/mol. The number of hydrogen-bond acceptors (Lipinski definition) is 4. The van der Waals surface area contributed by atoms with Gasteiger partial charge in [0.05, 0.1) is 13.7 Å². The summed E-state index contributed by atoms with van der Waals surface area (Å²) in [5, 5.41) is 2.67. The minimum atomic E-state index is -0.757. The van der Waals surface area contributed by atoms with Crippen molar-refractivity contribution in [2.45, 2.75) is 19.1 Å². The van der Waals surface area contributed by atoms with Crippen LogP contribution in [0.2, 0.25) is 0 Å². The van der Waals surface area contributed by atoms with E-state index < -0.39 is 12.0 Å². The van der Waals surface area contributed by atoms with Crippen LogP contribution in [0, 0.1) is 0 Å². The maximum absolute atomic E-state index is 12.1. The molecule has 0 aliphatic rings. The number of nitrogens with one attached hydrogen (secondary N) is 1. The van der Waals surface area contributed by atoms with Crippen molar-refractivity contribution in [1.82, 2.24) is 5.32 Å². The number of methoxy groups -OCH3 is 1. The fourth-order valence-electron chi connectivity index (χ4n) is 2.31. The topological polar surface area (TPSA) is 64.6 Å². The molecule has 2 rings (SSSR count). The van der Waals surface area contributed by atoms with Crippen LogP contribution >= 0.6 is 15.9 Å². The van der Waals surface area contributed by atoms with Crippen molar-refractivity contribution in [3.63, 3.8) is 0 Å². The Morgan fingerprint density at radius 2 is 1.80 bits per heavy atom. The van der Waals surface area contributed by atoms with E-state index in [9.17, 15) is 9.59 Å². The highest BCUT2D eigenvalue weighted by Gasteiger charge is 2.22. The molecular formula is C19H20BrNO4. The van der Waals surface area contributed by atoms with Gasteiger partial charge < -0.3 is 14.8 Å². The van der Waals surface area contributed by atoms with Crippen molar-refractivity contribution in [2.75, 3.05) is 13.7 Å². The van der Waals surface area contributed by atoms with Crippen LogP contribution in [-0.4, -0.2) is 31.6 Å². The van der Waals surface area contributed by atoms with Crippen molar-refractivity contribution in [3.05, 3.63) is 70.2 Å². The van der Waals surface area contributed by atoms with E-state index in [1.807, 2.05) is 54.6 Å². The Balaban J connectivity index is 1.87. The third-order valence-electron chi connectivity index (χ3n) is 3.49. The highest BCUT2D eigenvalue weighted by molar-refractivity contribution is 9.10. The van der Waals surface area contributed by atoms with Crippen LogP contribution < -0.4 is 5.32 Å². The minimum Gasteiger partial charge on any atom is -0.467 e. The van der Waals surface area contributed by atoms with Gasteiger partial charge in [-0.25, -0.2) is 4.79 Å². The quantitative estimate of drug-likeness (QED) is 0.685. The molecule has 0 saturated heterocycles. The zero-order valence-electron chi connectivity index (χ0n) is 13.9. The Kier molecular flexibility index (Phi) is 7.63. The zero-order chi connectivity index (χ0) is 18.1. The van der Waals surface area contributed by atoms with Gasteiger partial charge in [0.15, 0.2) is 0 Å². The fraction of sp³-hybridized carbons (Fsp3) is 0.263. The van der Waals surface area contributed by atoms with E-state index in [0.29, 0.717) is 13.0 Å². The first-order chi connectivity index (χ1) is 12.1. The van der Waals surface area contributed by atoms with Crippen molar-refractivity contribution in [3.8, 4) is 0 Å². The maximum Gasteiger partial charge on any atom is 0.328 e. The smallest absolute Gasteiger partial charge is 0.328 e. The number of benzene rings is 2. The van der Waals surface area contributed by atoms with E-state index in [2.05, 4.69) is 21.2 Å². The second-order valence-electron chi connectivity index (χ2n) is 5.46. The van der Waals surface area contributed by atoms with Crippen LogP contribution in [0.4, 0.5) is 0 Å². The van der Waals surface area contributed by atoms with Crippen LogP contribution in [0.3, 0.4) is 0 Å². The van der Waals surface area contributed by atoms with Gasteiger partial charge in [0.2, 0.25) is 5.91 Å². The van der Waals surface area contributed by atoms with Gasteiger partial charge in [-0.05, 0) is 23.3 Å². The SMILES string of the molecule is COC(=O)[C@@H](Cc1cccc(Br)c1)NC(=O)COCc1ccccc1. The van der Waals surface area contributed by atoms with Gasteiger partial charge in [-0.2, -0.15) is 0 Å². The molecule has 1 amide bonds. The number of hydrogen-bond donors (Lipinski definition) is 1. The van der Waals surface area contributed by atoms with E-state index in [4.69, 9.17) is 9.47 Å². The molecule has 0 aliphatic heterocycles. The predicted molar refractivity (Wildman–Crippen MR) is 97.9 cm³/mol. The summed E-state index contributed by atoms with van der Waals surface area (Å²) in [5.41, 5.74) is 1.89. The molecule has 2 aromatic carbocycles. The number of ether oxygens (including phenoxy) is 2. The molecule has 2 aromatic rings. The summed E-state index contributed by atoms with van der Waals surface area (Å²) >= 11 is 3.39. The number of carbonyl (C=O) groups is 2. The summed E-state index contributed by atoms with van der Waals surface area (Å²) in [4.78, 5) is 24.0. The molecule has 0 bridgehead atoms. The van der Waals surface area contributed by atoms with Crippen molar-refractivity contribution >= 4 is 27.8 Å². The molecular weight excluding hydrogens is 386 g/mol. The molecule has 0 saturated carbocycles. The van der Waals surface area contributed by atoms with Crippen LogP contribution in [0.15, 0.2) is 59.1 Å². The summed E-state index contributed by atoms with van der Waals surface area (Å²) in [6.07, 6.45) is 0.344. The largest absolute Gasteiger partial charge is 0.467 e. The van der Waals surface area contributed by atoms with Gasteiger partial charge in [0, 0.05) is 10.9 Å². The van der Waals surface area contributed by atoms with Gasteiger partial charge in [0.25, 0.3) is 0 Å². The number of esters is 1. The van der Waals surface area contributed by atoms with Crippen molar-refractivity contribution in [1.29, 1.82) is 0 Å². The molecule has 0 fully saturated rings. The van der Waals surface area contributed by atoms with Crippen molar-refractivity contribution < 1.29 is 19.1 Å². The lowest BCUT2D eigenvalue weighted by atomic mass is 10.1. The maximum atomic E-state index is 12.1. The molecule has 1 atom stereocenters. The first kappa shape index (κ1) is 19.1. The monoisotopic (exact) mass is 405 g/mol. The molecule has 0 spiro atoms. The van der Waals surface area contributed by atoms with Gasteiger partial charge in [-0.3, -0.25) is 4.79 Å². The number of amides is 1. The first-order valence-electron chi connectivity index (χ1n) is 7.82. The molecule has 1 N–H and O–H groups in total. The van der Waals surface area contributed by atoms with Gasteiger partial charge in [0.1, 0.15) is 12.6 Å². The Morgan fingerprint density at radius 1 is 1.08 bits per heavy atom. The number of rotatable bonds is 8. The molecule has 132 valence electrons. The molecule has 25 heavy (non-hydrogen) atoms. The normalized spacial score (nSPS) is 11.6. The summed E-state index contributed by atoms with van der Waals surface area (Å²) in [6, 6.07) is 16.4. The predicted octanol–water partition coefficient (Wildman–Crippen LogP) is 2.87. The minimum absolute atomic E-state index is 0.124. The Hall–Kier alpha value is -2.18. The van der Waals surface area contributed by atoms with Crippen LogP contribution in [-0.2, 0) is 32.1 Å². The highest BCUT2D eigenvalue weighted by Crippen LogP contribution is 2.13.